The molecule has 2 nitrogen and oxygen atoms in total. The molecule has 0 N–H and O–H groups in total. The molecule has 1 aromatic rings. The second-order valence-electron chi connectivity index (χ2n) is 8.32. The van der Waals surface area contributed by atoms with Crippen molar-refractivity contribution in [1.29, 1.82) is 0 Å². The summed E-state index contributed by atoms with van der Waals surface area (Å²) in [6.45, 7) is 6.18. The molecule has 0 amide bonds. The minimum absolute atomic E-state index is 0.814. The Kier molecular flexibility index (Phi) is 11.4. The maximum absolute atomic E-state index is 5.97. The third-order valence-corrected chi connectivity index (χ3v) is 6.07. The molecule has 1 aliphatic carbocycles. The van der Waals surface area contributed by atoms with Crippen molar-refractivity contribution in [3.8, 4) is 11.5 Å². The fourth-order valence-corrected chi connectivity index (χ4v) is 4.41. The van der Waals surface area contributed by atoms with Gasteiger partial charge >= 0.3 is 0 Å². The van der Waals surface area contributed by atoms with Gasteiger partial charge < -0.3 is 9.47 Å². The molecule has 0 aliphatic heterocycles. The molecule has 0 bridgehead atoms. The third kappa shape index (κ3) is 9.04. The van der Waals surface area contributed by atoms with E-state index in [0.717, 1.165) is 43.0 Å². The lowest BCUT2D eigenvalue weighted by Crippen LogP contribution is -2.20. The van der Waals surface area contributed by atoms with E-state index in [1.165, 1.54) is 77.0 Å². The molecule has 1 fully saturated rings. The van der Waals surface area contributed by atoms with Crippen molar-refractivity contribution in [2.45, 2.75) is 97.3 Å². The highest BCUT2D eigenvalue weighted by Gasteiger charge is 2.24. The minimum atomic E-state index is 0.814. The lowest BCUT2D eigenvalue weighted by Gasteiger charge is -2.31. The Bertz CT molecular complexity index is 468. The summed E-state index contributed by atoms with van der Waals surface area (Å²) >= 11 is 0. The molecule has 2 heteroatoms. The van der Waals surface area contributed by atoms with Gasteiger partial charge in [-0.2, -0.15) is 0 Å². The van der Waals surface area contributed by atoms with Gasteiger partial charge in [-0.15, -0.1) is 0 Å². The first-order chi connectivity index (χ1) is 13.3. The van der Waals surface area contributed by atoms with Crippen LogP contribution in [0.3, 0.4) is 0 Å². The molecule has 154 valence electrons. The van der Waals surface area contributed by atoms with E-state index in [9.17, 15) is 0 Å². The summed E-state index contributed by atoms with van der Waals surface area (Å²) in [6.07, 6.45) is 17.6. The normalized spacial score (nSPS) is 19.8. The Hall–Kier alpha value is -1.18. The highest BCUT2D eigenvalue weighted by Crippen LogP contribution is 2.36. The largest absolute Gasteiger partial charge is 0.494 e. The number of unbranched alkanes of at least 4 members (excludes halogenated alkanes) is 4. The lowest BCUT2D eigenvalue weighted by molar-refractivity contribution is 0.190. The van der Waals surface area contributed by atoms with Crippen LogP contribution in [0.25, 0.3) is 0 Å². The average Bonchev–Trinajstić information content (AvgIpc) is 2.71. The first kappa shape index (κ1) is 22.1. The Labute approximate surface area is 168 Å². The molecule has 27 heavy (non-hydrogen) atoms. The minimum Gasteiger partial charge on any atom is -0.494 e. The summed E-state index contributed by atoms with van der Waals surface area (Å²) in [5, 5.41) is 0. The smallest absolute Gasteiger partial charge is 0.119 e. The van der Waals surface area contributed by atoms with Crippen LogP contribution in [0.2, 0.25) is 0 Å². The van der Waals surface area contributed by atoms with Crippen LogP contribution in [0.4, 0.5) is 0 Å². The average molecular weight is 375 g/mol. The zero-order chi connectivity index (χ0) is 19.2. The molecular formula is C25H42O2. The number of benzene rings is 1. The second kappa shape index (κ2) is 13.9. The molecule has 2 unspecified atom stereocenters. The van der Waals surface area contributed by atoms with Gasteiger partial charge in [0.15, 0.2) is 0 Å². The van der Waals surface area contributed by atoms with Gasteiger partial charge in [0.25, 0.3) is 0 Å². The third-order valence-electron chi connectivity index (χ3n) is 6.07. The van der Waals surface area contributed by atoms with Gasteiger partial charge in [-0.25, -0.2) is 0 Å². The van der Waals surface area contributed by atoms with Gasteiger partial charge in [0.2, 0.25) is 0 Å². The molecule has 1 aromatic carbocycles. The Morgan fingerprint density at radius 1 is 0.667 bits per heavy atom. The van der Waals surface area contributed by atoms with E-state index < -0.39 is 0 Å². The van der Waals surface area contributed by atoms with Crippen molar-refractivity contribution < 1.29 is 9.47 Å². The predicted octanol–water partition coefficient (Wildman–Crippen LogP) is 7.80. The van der Waals surface area contributed by atoms with Crippen molar-refractivity contribution in [2.75, 3.05) is 13.2 Å². The fourth-order valence-electron chi connectivity index (χ4n) is 4.41. The summed E-state index contributed by atoms with van der Waals surface area (Å²) in [7, 11) is 0. The summed E-state index contributed by atoms with van der Waals surface area (Å²) in [5.74, 6) is 3.85. The maximum Gasteiger partial charge on any atom is 0.119 e. The molecule has 0 radical (unpaired) electrons. The molecule has 2 rings (SSSR count). The van der Waals surface area contributed by atoms with Crippen LogP contribution in [-0.2, 0) is 0 Å². The zero-order valence-electron chi connectivity index (χ0n) is 17.9. The van der Waals surface area contributed by atoms with Gasteiger partial charge in [-0.1, -0.05) is 78.1 Å². The monoisotopic (exact) mass is 374 g/mol. The number of ether oxygens (including phenoxy) is 2. The molecule has 2 atom stereocenters. The van der Waals surface area contributed by atoms with E-state index in [2.05, 4.69) is 13.8 Å². The second-order valence-corrected chi connectivity index (χ2v) is 8.32. The van der Waals surface area contributed by atoms with Gasteiger partial charge in [0, 0.05) is 0 Å². The van der Waals surface area contributed by atoms with E-state index in [0.29, 0.717) is 0 Å². The van der Waals surface area contributed by atoms with E-state index in [1.54, 1.807) is 0 Å². The van der Waals surface area contributed by atoms with Crippen molar-refractivity contribution in [1.82, 2.24) is 0 Å². The van der Waals surface area contributed by atoms with Crippen LogP contribution < -0.4 is 9.47 Å². The van der Waals surface area contributed by atoms with Crippen LogP contribution in [0.1, 0.15) is 97.3 Å². The highest BCUT2D eigenvalue weighted by atomic mass is 16.5. The van der Waals surface area contributed by atoms with Crippen LogP contribution in [0.5, 0.6) is 11.5 Å². The van der Waals surface area contributed by atoms with Crippen LogP contribution in [-0.4, -0.2) is 13.2 Å². The molecule has 0 saturated heterocycles. The highest BCUT2D eigenvalue weighted by molar-refractivity contribution is 5.31. The van der Waals surface area contributed by atoms with E-state index in [1.807, 2.05) is 24.3 Å². The summed E-state index contributed by atoms with van der Waals surface area (Å²) in [6, 6.07) is 8.16. The Balaban J connectivity index is 1.62. The summed E-state index contributed by atoms with van der Waals surface area (Å²) < 4.78 is 11.7. The quantitative estimate of drug-likeness (QED) is 0.309. The standard InChI is InChI=1S/C25H42O2/c1-3-5-7-12-22-13-8-9-14-23(22)15-11-21-27-25-18-16-24(17-19-25)26-20-10-6-4-2/h16-19,22-23H,3-15,20-21H2,1-2H3. The zero-order valence-corrected chi connectivity index (χ0v) is 17.9. The first-order valence-electron chi connectivity index (χ1n) is 11.7. The molecule has 0 spiro atoms. The van der Waals surface area contributed by atoms with Crippen molar-refractivity contribution in [2.24, 2.45) is 11.8 Å². The summed E-state index contributed by atoms with van der Waals surface area (Å²) in [4.78, 5) is 0. The fraction of sp³-hybridized carbons (Fsp3) is 0.760. The number of hydrogen-bond acceptors (Lipinski definition) is 2. The van der Waals surface area contributed by atoms with Gasteiger partial charge in [-0.3, -0.25) is 0 Å². The summed E-state index contributed by atoms with van der Waals surface area (Å²) in [5.41, 5.74) is 0. The Morgan fingerprint density at radius 2 is 1.15 bits per heavy atom. The topological polar surface area (TPSA) is 18.5 Å². The predicted molar refractivity (Wildman–Crippen MR) is 116 cm³/mol. The molecule has 1 aliphatic rings. The lowest BCUT2D eigenvalue weighted by atomic mass is 9.74. The molecule has 1 saturated carbocycles. The van der Waals surface area contributed by atoms with Crippen LogP contribution >= 0.6 is 0 Å². The van der Waals surface area contributed by atoms with Crippen molar-refractivity contribution >= 4 is 0 Å². The van der Waals surface area contributed by atoms with Gasteiger partial charge in [0.1, 0.15) is 11.5 Å². The van der Waals surface area contributed by atoms with Gasteiger partial charge in [-0.05, 0) is 55.4 Å². The van der Waals surface area contributed by atoms with Crippen LogP contribution in [0.15, 0.2) is 24.3 Å². The van der Waals surface area contributed by atoms with Crippen molar-refractivity contribution in [3.63, 3.8) is 0 Å². The van der Waals surface area contributed by atoms with Crippen LogP contribution in [0, 0.1) is 11.8 Å². The molecule has 0 aromatic heterocycles. The van der Waals surface area contributed by atoms with E-state index in [4.69, 9.17) is 9.47 Å². The van der Waals surface area contributed by atoms with E-state index in [-0.39, 0.29) is 0 Å². The SMILES string of the molecule is CCCCCOc1ccc(OCCCC2CCCCC2CCCCC)cc1. The number of rotatable bonds is 14. The molecule has 0 heterocycles. The molecular weight excluding hydrogens is 332 g/mol. The van der Waals surface area contributed by atoms with Crippen molar-refractivity contribution in [3.05, 3.63) is 24.3 Å². The van der Waals surface area contributed by atoms with E-state index >= 15 is 0 Å². The van der Waals surface area contributed by atoms with Gasteiger partial charge in [0.05, 0.1) is 13.2 Å². The maximum atomic E-state index is 5.97. The Morgan fingerprint density at radius 3 is 1.70 bits per heavy atom. The first-order valence-corrected chi connectivity index (χ1v) is 11.7. The number of hydrogen-bond donors (Lipinski definition) is 0.